The molecule has 0 bridgehead atoms. The smallest absolute Gasteiger partial charge is 0.255 e. The van der Waals surface area contributed by atoms with Crippen LogP contribution in [-0.2, 0) is 0 Å². The van der Waals surface area contributed by atoms with Crippen LogP contribution in [0.5, 0.6) is 0 Å². The van der Waals surface area contributed by atoms with Crippen molar-refractivity contribution in [1.29, 1.82) is 0 Å². The molecule has 0 spiro atoms. The second-order valence-corrected chi connectivity index (χ2v) is 7.30. The van der Waals surface area contributed by atoms with Crippen LogP contribution in [0.2, 0.25) is 0 Å². The predicted octanol–water partition coefficient (Wildman–Crippen LogP) is 3.63. The Bertz CT molecular complexity index is 441. The molecule has 1 aliphatic rings. The van der Waals surface area contributed by atoms with Crippen molar-refractivity contribution in [3.63, 3.8) is 0 Å². The first-order valence-corrected chi connectivity index (χ1v) is 8.46. The molecule has 1 amide bonds. The Labute approximate surface area is 128 Å². The minimum atomic E-state index is 0.142. The van der Waals surface area contributed by atoms with Gasteiger partial charge in [-0.25, -0.2) is 0 Å². The molecule has 1 atom stereocenters. The van der Waals surface area contributed by atoms with Gasteiger partial charge in [-0.3, -0.25) is 4.79 Å². The summed E-state index contributed by atoms with van der Waals surface area (Å²) in [6.45, 7) is 2.97. The molecule has 0 aromatic heterocycles. The van der Waals surface area contributed by atoms with Crippen LogP contribution in [0.4, 0.5) is 0 Å². The number of thioether (sulfide) groups is 1. The van der Waals surface area contributed by atoms with E-state index in [-0.39, 0.29) is 5.91 Å². The Kier molecular flexibility index (Phi) is 4.77. The number of carbonyl (C=O) groups is 1. The summed E-state index contributed by atoms with van der Waals surface area (Å²) in [6.07, 6.45) is 0. The van der Waals surface area contributed by atoms with Gasteiger partial charge in [-0.15, -0.1) is 0 Å². The zero-order chi connectivity index (χ0) is 12.4. The van der Waals surface area contributed by atoms with E-state index in [1.54, 1.807) is 0 Å². The number of rotatable bonds is 1. The van der Waals surface area contributed by atoms with E-state index in [0.717, 1.165) is 31.7 Å². The molecule has 1 fully saturated rings. The van der Waals surface area contributed by atoms with E-state index in [0.29, 0.717) is 6.04 Å². The highest BCUT2D eigenvalue weighted by Crippen LogP contribution is 2.24. The minimum absolute atomic E-state index is 0.142. The fourth-order valence-electron chi connectivity index (χ4n) is 1.84. The molecule has 92 valence electrons. The predicted molar refractivity (Wildman–Crippen MR) is 84.7 cm³/mol. The molecule has 0 saturated carbocycles. The lowest BCUT2D eigenvalue weighted by Crippen LogP contribution is -2.44. The van der Waals surface area contributed by atoms with Crippen molar-refractivity contribution in [3.05, 3.63) is 31.8 Å². The van der Waals surface area contributed by atoms with Crippen molar-refractivity contribution >= 4 is 56.2 Å². The summed E-state index contributed by atoms with van der Waals surface area (Å²) in [5.41, 5.74) is 0.774. The fraction of sp³-hybridized carbons (Fsp3) is 0.417. The Morgan fingerprint density at radius 2 is 2.35 bits per heavy atom. The van der Waals surface area contributed by atoms with Crippen LogP contribution in [0.25, 0.3) is 0 Å². The first-order chi connectivity index (χ1) is 8.09. The highest BCUT2D eigenvalue weighted by molar-refractivity contribution is 14.1. The van der Waals surface area contributed by atoms with Crippen molar-refractivity contribution in [2.45, 2.75) is 13.0 Å². The lowest BCUT2D eigenvalue weighted by molar-refractivity contribution is 0.0715. The van der Waals surface area contributed by atoms with Crippen molar-refractivity contribution in [3.8, 4) is 0 Å². The Morgan fingerprint density at radius 3 is 3.06 bits per heavy atom. The third kappa shape index (κ3) is 3.17. The molecular formula is C12H13BrINOS. The third-order valence-electron chi connectivity index (χ3n) is 2.79. The SMILES string of the molecule is CC1CSCCN1C(=O)c1cc(I)ccc1Br. The number of nitrogens with zero attached hydrogens (tertiary/aromatic N) is 1. The Balaban J connectivity index is 2.26. The molecule has 0 aliphatic carbocycles. The normalized spacial score (nSPS) is 20.4. The summed E-state index contributed by atoms with van der Waals surface area (Å²) in [6, 6.07) is 6.21. The number of halogens is 2. The maximum Gasteiger partial charge on any atom is 0.255 e. The van der Waals surface area contributed by atoms with E-state index >= 15 is 0 Å². The summed E-state index contributed by atoms with van der Waals surface area (Å²) >= 11 is 7.62. The average Bonchev–Trinajstić information content (AvgIpc) is 2.32. The van der Waals surface area contributed by atoms with Gasteiger partial charge in [0.2, 0.25) is 0 Å². The lowest BCUT2D eigenvalue weighted by Gasteiger charge is -2.33. The molecular weight excluding hydrogens is 413 g/mol. The van der Waals surface area contributed by atoms with Crippen molar-refractivity contribution < 1.29 is 4.79 Å². The van der Waals surface area contributed by atoms with E-state index in [1.807, 2.05) is 34.9 Å². The molecule has 1 heterocycles. The Morgan fingerprint density at radius 1 is 1.59 bits per heavy atom. The summed E-state index contributed by atoms with van der Waals surface area (Å²) in [7, 11) is 0. The van der Waals surface area contributed by atoms with Crippen molar-refractivity contribution in [1.82, 2.24) is 4.90 Å². The first-order valence-electron chi connectivity index (χ1n) is 5.43. The highest BCUT2D eigenvalue weighted by atomic mass is 127. The lowest BCUT2D eigenvalue weighted by atomic mass is 10.1. The van der Waals surface area contributed by atoms with Gasteiger partial charge in [-0.1, -0.05) is 0 Å². The van der Waals surface area contributed by atoms with Gasteiger partial charge in [-0.2, -0.15) is 11.8 Å². The largest absolute Gasteiger partial charge is 0.334 e. The summed E-state index contributed by atoms with van der Waals surface area (Å²) < 4.78 is 1.97. The van der Waals surface area contributed by atoms with Crippen LogP contribution in [0, 0.1) is 3.57 Å². The standard InChI is InChI=1S/C12H13BrINOS/c1-8-7-17-5-4-15(8)12(16)10-6-9(14)2-3-11(10)13/h2-3,6,8H,4-5,7H2,1H3. The number of carbonyl (C=O) groups excluding carboxylic acids is 1. The monoisotopic (exact) mass is 425 g/mol. The molecule has 1 unspecified atom stereocenters. The van der Waals surface area contributed by atoms with Crippen LogP contribution in [0.15, 0.2) is 22.7 Å². The molecule has 5 heteroatoms. The highest BCUT2D eigenvalue weighted by Gasteiger charge is 2.25. The molecule has 2 nitrogen and oxygen atoms in total. The summed E-state index contributed by atoms with van der Waals surface area (Å²) in [5, 5.41) is 0. The maximum atomic E-state index is 12.5. The maximum absolute atomic E-state index is 12.5. The minimum Gasteiger partial charge on any atom is -0.334 e. The van der Waals surface area contributed by atoms with Gasteiger partial charge in [0.15, 0.2) is 0 Å². The molecule has 0 radical (unpaired) electrons. The van der Waals surface area contributed by atoms with Crippen LogP contribution < -0.4 is 0 Å². The summed E-state index contributed by atoms with van der Waals surface area (Å²) in [4.78, 5) is 14.4. The number of amides is 1. The van der Waals surface area contributed by atoms with Gasteiger partial charge in [0, 0.05) is 32.1 Å². The van der Waals surface area contributed by atoms with E-state index < -0.39 is 0 Å². The molecule has 17 heavy (non-hydrogen) atoms. The quantitative estimate of drug-likeness (QED) is 0.640. The fourth-order valence-corrected chi connectivity index (χ4v) is 3.77. The van der Waals surface area contributed by atoms with Gasteiger partial charge in [0.05, 0.1) is 5.56 Å². The van der Waals surface area contributed by atoms with Crippen LogP contribution in [-0.4, -0.2) is 34.9 Å². The second-order valence-electron chi connectivity index (χ2n) is 4.05. The van der Waals surface area contributed by atoms with E-state index in [1.165, 1.54) is 0 Å². The molecule has 1 saturated heterocycles. The van der Waals surface area contributed by atoms with Crippen LogP contribution >= 0.6 is 50.3 Å². The van der Waals surface area contributed by atoms with Gasteiger partial charge >= 0.3 is 0 Å². The second kappa shape index (κ2) is 5.93. The molecule has 0 N–H and O–H groups in total. The van der Waals surface area contributed by atoms with Crippen LogP contribution in [0.1, 0.15) is 17.3 Å². The van der Waals surface area contributed by atoms with Gasteiger partial charge in [0.25, 0.3) is 5.91 Å². The van der Waals surface area contributed by atoms with Gasteiger partial charge < -0.3 is 4.90 Å². The number of hydrogen-bond donors (Lipinski definition) is 0. The van der Waals surface area contributed by atoms with Gasteiger partial charge in [-0.05, 0) is 63.6 Å². The number of benzene rings is 1. The zero-order valence-corrected chi connectivity index (χ0v) is 14.0. The molecule has 1 aromatic rings. The topological polar surface area (TPSA) is 20.3 Å². The molecule has 1 aliphatic heterocycles. The number of hydrogen-bond acceptors (Lipinski definition) is 2. The molecule has 1 aromatic carbocycles. The van der Waals surface area contributed by atoms with Crippen molar-refractivity contribution in [2.24, 2.45) is 0 Å². The summed E-state index contributed by atoms with van der Waals surface area (Å²) in [5.74, 6) is 2.22. The van der Waals surface area contributed by atoms with E-state index in [2.05, 4.69) is 45.4 Å². The van der Waals surface area contributed by atoms with Gasteiger partial charge in [0.1, 0.15) is 0 Å². The van der Waals surface area contributed by atoms with E-state index in [4.69, 9.17) is 0 Å². The van der Waals surface area contributed by atoms with E-state index in [9.17, 15) is 4.79 Å². The van der Waals surface area contributed by atoms with Crippen LogP contribution in [0.3, 0.4) is 0 Å². The first kappa shape index (κ1) is 13.7. The average molecular weight is 426 g/mol. The molecule has 2 rings (SSSR count). The van der Waals surface area contributed by atoms with Crippen molar-refractivity contribution in [2.75, 3.05) is 18.1 Å². The Hall–Kier alpha value is 0.250. The third-order valence-corrected chi connectivity index (χ3v) is 5.34. The zero-order valence-electron chi connectivity index (χ0n) is 9.45.